The fraction of sp³-hybridized carbons (Fsp3) is 0.636. The van der Waals surface area contributed by atoms with Crippen LogP contribution in [-0.2, 0) is 14.8 Å². The molecule has 2 amide bonds. The number of sulfonamides is 1. The molecular weight excluding hydrogens is 451 g/mol. The zero-order valence-electron chi connectivity index (χ0n) is 19.5. The van der Waals surface area contributed by atoms with Crippen LogP contribution < -0.4 is 5.32 Å². The van der Waals surface area contributed by atoms with Crippen molar-refractivity contribution >= 4 is 22.0 Å². The van der Waals surface area contributed by atoms with E-state index in [0.29, 0.717) is 52.4 Å². The zero-order valence-corrected chi connectivity index (χ0v) is 20.3. The van der Waals surface area contributed by atoms with Gasteiger partial charge in [0.25, 0.3) is 5.91 Å². The number of piperazine rings is 1. The van der Waals surface area contributed by atoms with Crippen molar-refractivity contribution in [3.8, 4) is 0 Å². The summed E-state index contributed by atoms with van der Waals surface area (Å²) >= 11 is 0. The second-order valence-electron chi connectivity index (χ2n) is 9.32. The fourth-order valence-electron chi connectivity index (χ4n) is 3.82. The lowest BCUT2D eigenvalue weighted by Gasteiger charge is -2.35. The van der Waals surface area contributed by atoms with Gasteiger partial charge in [-0.05, 0) is 51.8 Å². The van der Waals surface area contributed by atoms with Crippen LogP contribution in [0.2, 0.25) is 0 Å². The van der Waals surface area contributed by atoms with Crippen molar-refractivity contribution in [1.29, 1.82) is 0 Å². The summed E-state index contributed by atoms with van der Waals surface area (Å²) in [5.41, 5.74) is -0.434. The molecule has 2 fully saturated rings. The molecule has 0 radical (unpaired) electrons. The fourth-order valence-corrected chi connectivity index (χ4v) is 5.43. The third-order valence-electron chi connectivity index (χ3n) is 5.61. The second kappa shape index (κ2) is 10.4. The van der Waals surface area contributed by atoms with E-state index in [1.807, 2.05) is 20.8 Å². The molecule has 184 valence electrons. The average Bonchev–Trinajstić information content (AvgIpc) is 3.29. The van der Waals surface area contributed by atoms with Crippen LogP contribution in [0.3, 0.4) is 0 Å². The third-order valence-corrected chi connectivity index (χ3v) is 7.53. The normalized spacial score (nSPS) is 18.4. The Morgan fingerprint density at radius 3 is 2.30 bits per heavy atom. The van der Waals surface area contributed by atoms with Gasteiger partial charge in [-0.1, -0.05) is 0 Å². The summed E-state index contributed by atoms with van der Waals surface area (Å²) in [6.45, 7) is 9.52. The van der Waals surface area contributed by atoms with Crippen LogP contribution in [0.5, 0.6) is 0 Å². The number of hydrogen-bond donors (Lipinski definition) is 1. The summed E-state index contributed by atoms with van der Waals surface area (Å²) < 4.78 is 46.3. The van der Waals surface area contributed by atoms with Gasteiger partial charge in [-0.2, -0.15) is 4.31 Å². The van der Waals surface area contributed by atoms with Crippen LogP contribution in [0.15, 0.2) is 23.1 Å². The Morgan fingerprint density at radius 2 is 1.70 bits per heavy atom. The molecule has 33 heavy (non-hydrogen) atoms. The molecule has 0 unspecified atom stereocenters. The highest BCUT2D eigenvalue weighted by Gasteiger charge is 2.30. The van der Waals surface area contributed by atoms with Gasteiger partial charge in [0, 0.05) is 57.9 Å². The largest absolute Gasteiger partial charge is 0.444 e. The van der Waals surface area contributed by atoms with Crippen molar-refractivity contribution in [2.75, 3.05) is 52.4 Å². The molecule has 0 aromatic heterocycles. The molecule has 1 aromatic carbocycles. The minimum atomic E-state index is -3.96. The van der Waals surface area contributed by atoms with Crippen LogP contribution >= 0.6 is 0 Å². The van der Waals surface area contributed by atoms with Gasteiger partial charge in [-0.15, -0.1) is 0 Å². The molecule has 3 rings (SSSR count). The molecule has 0 aliphatic carbocycles. The number of nitrogens with zero attached hydrogens (tertiary/aromatic N) is 3. The first kappa shape index (κ1) is 25.4. The number of benzene rings is 1. The summed E-state index contributed by atoms with van der Waals surface area (Å²) in [6, 6.07) is 3.42. The molecule has 0 atom stereocenters. The maximum atomic E-state index is 14.3. The molecule has 1 N–H and O–H groups in total. The van der Waals surface area contributed by atoms with Gasteiger partial charge >= 0.3 is 6.09 Å². The third kappa shape index (κ3) is 6.64. The number of nitrogens with one attached hydrogen (secondary N) is 1. The van der Waals surface area contributed by atoms with E-state index in [0.717, 1.165) is 25.0 Å². The SMILES string of the molecule is CC(C)(C)OC(=O)N1CCN(CCNC(=O)c2ccc(F)c(S(=O)(=O)N3CCCC3)c2)CC1. The smallest absolute Gasteiger partial charge is 0.410 e. The summed E-state index contributed by atoms with van der Waals surface area (Å²) in [6.07, 6.45) is 1.16. The quantitative estimate of drug-likeness (QED) is 0.662. The lowest BCUT2D eigenvalue weighted by atomic mass is 10.2. The predicted molar refractivity (Wildman–Crippen MR) is 121 cm³/mol. The number of ether oxygens (including phenoxy) is 1. The van der Waals surface area contributed by atoms with Crippen molar-refractivity contribution in [3.63, 3.8) is 0 Å². The Balaban J connectivity index is 1.49. The topological polar surface area (TPSA) is 99.3 Å². The van der Waals surface area contributed by atoms with Crippen LogP contribution in [-0.4, -0.2) is 92.5 Å². The number of carbonyl (C=O) groups excluding carboxylic acids is 2. The van der Waals surface area contributed by atoms with Gasteiger partial charge in [0.1, 0.15) is 16.3 Å². The van der Waals surface area contributed by atoms with E-state index in [1.165, 1.54) is 10.4 Å². The van der Waals surface area contributed by atoms with E-state index in [9.17, 15) is 22.4 Å². The van der Waals surface area contributed by atoms with Crippen LogP contribution in [0.25, 0.3) is 0 Å². The molecule has 2 saturated heterocycles. The zero-order chi connectivity index (χ0) is 24.2. The molecule has 9 nitrogen and oxygen atoms in total. The lowest BCUT2D eigenvalue weighted by Crippen LogP contribution is -2.51. The Morgan fingerprint density at radius 1 is 1.06 bits per heavy atom. The number of amides is 2. The van der Waals surface area contributed by atoms with Crippen molar-refractivity contribution in [2.24, 2.45) is 0 Å². The van der Waals surface area contributed by atoms with E-state index in [-0.39, 0.29) is 11.7 Å². The van der Waals surface area contributed by atoms with Crippen molar-refractivity contribution in [3.05, 3.63) is 29.6 Å². The van der Waals surface area contributed by atoms with Crippen molar-refractivity contribution in [2.45, 2.75) is 44.1 Å². The number of carbonyl (C=O) groups is 2. The molecule has 1 aromatic rings. The first-order valence-electron chi connectivity index (χ1n) is 11.3. The molecule has 0 bridgehead atoms. The number of hydrogen-bond acceptors (Lipinski definition) is 6. The van der Waals surface area contributed by atoms with Gasteiger partial charge in [0.15, 0.2) is 0 Å². The Hall–Kier alpha value is -2.24. The molecule has 2 heterocycles. The minimum Gasteiger partial charge on any atom is -0.444 e. The first-order valence-corrected chi connectivity index (χ1v) is 12.7. The van der Waals surface area contributed by atoms with Gasteiger partial charge in [0.05, 0.1) is 0 Å². The summed E-state index contributed by atoms with van der Waals surface area (Å²) in [5, 5.41) is 2.76. The minimum absolute atomic E-state index is 0.101. The standard InChI is InChI=1S/C22H33FN4O5S/c1-22(2,3)32-21(29)26-14-12-25(13-15-26)11-8-24-20(28)17-6-7-18(23)19(16-17)33(30,31)27-9-4-5-10-27/h6-7,16H,4-5,8-15H2,1-3H3,(H,24,28). The van der Waals surface area contributed by atoms with Gasteiger partial charge in [-0.25, -0.2) is 17.6 Å². The highest BCUT2D eigenvalue weighted by Crippen LogP contribution is 2.24. The van der Waals surface area contributed by atoms with E-state index in [2.05, 4.69) is 10.2 Å². The number of halogens is 1. The molecule has 11 heteroatoms. The van der Waals surface area contributed by atoms with Crippen molar-refractivity contribution < 1.29 is 27.1 Å². The summed E-state index contributed by atoms with van der Waals surface area (Å²) in [4.78, 5) is 28.0. The Bertz CT molecular complexity index is 965. The van der Waals surface area contributed by atoms with Crippen molar-refractivity contribution in [1.82, 2.24) is 19.4 Å². The maximum absolute atomic E-state index is 14.3. The van der Waals surface area contributed by atoms with E-state index >= 15 is 0 Å². The second-order valence-corrected chi connectivity index (χ2v) is 11.2. The van der Waals surface area contributed by atoms with E-state index in [4.69, 9.17) is 4.74 Å². The van der Waals surface area contributed by atoms with E-state index < -0.39 is 32.2 Å². The lowest BCUT2D eigenvalue weighted by molar-refractivity contribution is 0.0147. The highest BCUT2D eigenvalue weighted by molar-refractivity contribution is 7.89. The molecule has 2 aliphatic rings. The Kier molecular flexibility index (Phi) is 7.96. The van der Waals surface area contributed by atoms with Crippen LogP contribution in [0.1, 0.15) is 44.0 Å². The summed E-state index contributed by atoms with van der Waals surface area (Å²) in [5.74, 6) is -1.32. The Labute approximate surface area is 194 Å². The predicted octanol–water partition coefficient (Wildman–Crippen LogP) is 1.89. The average molecular weight is 485 g/mol. The molecule has 2 aliphatic heterocycles. The first-order chi connectivity index (χ1) is 15.5. The molecule has 0 saturated carbocycles. The maximum Gasteiger partial charge on any atom is 0.410 e. The van der Waals surface area contributed by atoms with Crippen LogP contribution in [0, 0.1) is 5.82 Å². The van der Waals surface area contributed by atoms with Gasteiger partial charge < -0.3 is 15.0 Å². The molecular formula is C22H33FN4O5S. The van der Waals surface area contributed by atoms with Gasteiger partial charge in [-0.3, -0.25) is 9.69 Å². The van der Waals surface area contributed by atoms with Crippen LogP contribution in [0.4, 0.5) is 9.18 Å². The highest BCUT2D eigenvalue weighted by atomic mass is 32.2. The number of rotatable bonds is 6. The van der Waals surface area contributed by atoms with Gasteiger partial charge in [0.2, 0.25) is 10.0 Å². The summed E-state index contributed by atoms with van der Waals surface area (Å²) in [7, 11) is -3.96. The van der Waals surface area contributed by atoms with E-state index in [1.54, 1.807) is 4.90 Å². The monoisotopic (exact) mass is 484 g/mol. The molecule has 0 spiro atoms.